The van der Waals surface area contributed by atoms with Crippen LogP contribution in [0.5, 0.6) is 0 Å². The van der Waals surface area contributed by atoms with Gasteiger partial charge in [0.05, 0.1) is 16.5 Å². The minimum Gasteiger partial charge on any atom is -0.324 e. The van der Waals surface area contributed by atoms with Gasteiger partial charge in [0.1, 0.15) is 6.07 Å². The normalized spacial score (nSPS) is 19.1. The maximum atomic E-state index is 11.8. The molecule has 1 N–H and O–H groups in total. The van der Waals surface area contributed by atoms with Crippen molar-refractivity contribution in [3.05, 3.63) is 29.8 Å². The average molecular weight is 232 g/mol. The molecule has 0 aliphatic carbocycles. The second-order valence-electron chi connectivity index (χ2n) is 3.65. The smallest absolute Gasteiger partial charge is 0.237 e. The molecular formula is C12H12N2OS. The number of anilines is 1. The van der Waals surface area contributed by atoms with Crippen LogP contribution >= 0.6 is 11.8 Å². The lowest BCUT2D eigenvalue weighted by atomic mass is 10.2. The van der Waals surface area contributed by atoms with Gasteiger partial charge >= 0.3 is 0 Å². The summed E-state index contributed by atoms with van der Waals surface area (Å²) < 4.78 is 0. The number of rotatable bonds is 2. The topological polar surface area (TPSA) is 52.9 Å². The molecule has 0 saturated carbocycles. The highest BCUT2D eigenvalue weighted by molar-refractivity contribution is 8.00. The standard InChI is InChI=1S/C12H12N2OS/c13-8-9-4-1-2-5-10(9)14-12(15)11-6-3-7-16-11/h1-2,4-5,11H,3,6-7H2,(H,14,15). The summed E-state index contributed by atoms with van der Waals surface area (Å²) in [5.41, 5.74) is 1.13. The molecule has 0 spiro atoms. The number of benzene rings is 1. The van der Waals surface area contributed by atoms with Crippen LogP contribution in [0.15, 0.2) is 24.3 Å². The quantitative estimate of drug-likeness (QED) is 0.851. The molecule has 82 valence electrons. The molecule has 1 aromatic carbocycles. The first-order chi connectivity index (χ1) is 7.81. The minimum atomic E-state index is 0.0187. The average Bonchev–Trinajstić information content (AvgIpc) is 2.83. The summed E-state index contributed by atoms with van der Waals surface area (Å²) >= 11 is 1.69. The Morgan fingerprint density at radius 1 is 1.50 bits per heavy atom. The van der Waals surface area contributed by atoms with Gasteiger partial charge in [-0.05, 0) is 30.7 Å². The fourth-order valence-corrected chi connectivity index (χ4v) is 2.85. The first kappa shape index (κ1) is 11.0. The van der Waals surface area contributed by atoms with E-state index in [2.05, 4.69) is 11.4 Å². The number of nitriles is 1. The van der Waals surface area contributed by atoms with Gasteiger partial charge in [-0.15, -0.1) is 11.8 Å². The van der Waals surface area contributed by atoms with Crippen LogP contribution in [0.1, 0.15) is 18.4 Å². The Morgan fingerprint density at radius 2 is 2.31 bits per heavy atom. The van der Waals surface area contributed by atoms with Crippen molar-refractivity contribution in [1.29, 1.82) is 5.26 Å². The molecule has 1 amide bonds. The first-order valence-electron chi connectivity index (χ1n) is 5.23. The maximum Gasteiger partial charge on any atom is 0.237 e. The molecule has 0 bridgehead atoms. The van der Waals surface area contributed by atoms with E-state index in [-0.39, 0.29) is 11.2 Å². The summed E-state index contributed by atoms with van der Waals surface area (Å²) in [6.07, 6.45) is 2.04. The van der Waals surface area contributed by atoms with Gasteiger partial charge in [0.15, 0.2) is 0 Å². The lowest BCUT2D eigenvalue weighted by molar-refractivity contribution is -0.115. The van der Waals surface area contributed by atoms with Crippen LogP contribution in [0.25, 0.3) is 0 Å². The van der Waals surface area contributed by atoms with Crippen molar-refractivity contribution in [3.8, 4) is 6.07 Å². The Balaban J connectivity index is 2.08. The van der Waals surface area contributed by atoms with Gasteiger partial charge in [0, 0.05) is 0 Å². The summed E-state index contributed by atoms with van der Waals surface area (Å²) in [4.78, 5) is 11.8. The second-order valence-corrected chi connectivity index (χ2v) is 4.96. The number of thioether (sulfide) groups is 1. The molecule has 1 heterocycles. The van der Waals surface area contributed by atoms with Crippen molar-refractivity contribution in [2.75, 3.05) is 11.1 Å². The van der Waals surface area contributed by atoms with E-state index < -0.39 is 0 Å². The van der Waals surface area contributed by atoms with Crippen molar-refractivity contribution >= 4 is 23.4 Å². The van der Waals surface area contributed by atoms with Gasteiger partial charge < -0.3 is 5.32 Å². The number of carbonyl (C=O) groups excluding carboxylic acids is 1. The molecule has 3 nitrogen and oxygen atoms in total. The van der Waals surface area contributed by atoms with Gasteiger partial charge in [-0.1, -0.05) is 12.1 Å². The fourth-order valence-electron chi connectivity index (χ4n) is 1.69. The molecule has 1 aliphatic heterocycles. The number of para-hydroxylation sites is 1. The maximum absolute atomic E-state index is 11.8. The highest BCUT2D eigenvalue weighted by Crippen LogP contribution is 2.27. The number of hydrogen-bond acceptors (Lipinski definition) is 3. The summed E-state index contributed by atoms with van der Waals surface area (Å²) in [6, 6.07) is 9.14. The molecule has 1 aromatic rings. The molecule has 2 rings (SSSR count). The number of nitrogens with zero attached hydrogens (tertiary/aromatic N) is 1. The van der Waals surface area contributed by atoms with E-state index in [9.17, 15) is 4.79 Å². The third-order valence-corrected chi connectivity index (χ3v) is 3.90. The number of hydrogen-bond donors (Lipinski definition) is 1. The van der Waals surface area contributed by atoms with Crippen LogP contribution in [0.3, 0.4) is 0 Å². The largest absolute Gasteiger partial charge is 0.324 e. The Labute approximate surface area is 98.8 Å². The van der Waals surface area contributed by atoms with Crippen LogP contribution in [0.4, 0.5) is 5.69 Å². The van der Waals surface area contributed by atoms with E-state index in [1.165, 1.54) is 0 Å². The molecular weight excluding hydrogens is 220 g/mol. The van der Waals surface area contributed by atoms with E-state index in [1.807, 2.05) is 6.07 Å². The van der Waals surface area contributed by atoms with E-state index in [1.54, 1.807) is 30.0 Å². The molecule has 0 radical (unpaired) electrons. The van der Waals surface area contributed by atoms with Crippen molar-refractivity contribution in [2.24, 2.45) is 0 Å². The van der Waals surface area contributed by atoms with Crippen LogP contribution in [0, 0.1) is 11.3 Å². The molecule has 1 atom stereocenters. The summed E-state index contributed by atoms with van der Waals surface area (Å²) in [7, 11) is 0. The summed E-state index contributed by atoms with van der Waals surface area (Å²) in [5.74, 6) is 1.07. The predicted molar refractivity (Wildman–Crippen MR) is 65.3 cm³/mol. The highest BCUT2D eigenvalue weighted by Gasteiger charge is 2.23. The molecule has 4 heteroatoms. The number of carbonyl (C=O) groups is 1. The Hall–Kier alpha value is -1.47. The third kappa shape index (κ3) is 2.37. The van der Waals surface area contributed by atoms with Crippen molar-refractivity contribution in [1.82, 2.24) is 0 Å². The number of nitrogens with one attached hydrogen (secondary N) is 1. The first-order valence-corrected chi connectivity index (χ1v) is 6.28. The van der Waals surface area contributed by atoms with Gasteiger partial charge in [0.25, 0.3) is 0 Å². The van der Waals surface area contributed by atoms with Gasteiger partial charge in [-0.2, -0.15) is 5.26 Å². The molecule has 1 saturated heterocycles. The molecule has 1 unspecified atom stereocenters. The zero-order valence-corrected chi connectivity index (χ0v) is 9.59. The Kier molecular flexibility index (Phi) is 3.47. The Morgan fingerprint density at radius 3 is 3.00 bits per heavy atom. The Bertz CT molecular complexity index is 433. The van der Waals surface area contributed by atoms with Gasteiger partial charge in [-0.25, -0.2) is 0 Å². The van der Waals surface area contributed by atoms with E-state index in [4.69, 9.17) is 5.26 Å². The van der Waals surface area contributed by atoms with Crippen LogP contribution in [-0.2, 0) is 4.79 Å². The monoisotopic (exact) mass is 232 g/mol. The zero-order valence-electron chi connectivity index (χ0n) is 8.77. The molecule has 1 fully saturated rings. The third-order valence-electron chi connectivity index (χ3n) is 2.53. The lowest BCUT2D eigenvalue weighted by Crippen LogP contribution is -2.23. The molecule has 16 heavy (non-hydrogen) atoms. The summed E-state index contributed by atoms with van der Waals surface area (Å²) in [6.45, 7) is 0. The van der Waals surface area contributed by atoms with Crippen LogP contribution < -0.4 is 5.32 Å². The van der Waals surface area contributed by atoms with E-state index in [0.717, 1.165) is 18.6 Å². The highest BCUT2D eigenvalue weighted by atomic mass is 32.2. The van der Waals surface area contributed by atoms with E-state index >= 15 is 0 Å². The predicted octanol–water partition coefficient (Wildman–Crippen LogP) is 2.39. The van der Waals surface area contributed by atoms with Crippen molar-refractivity contribution < 1.29 is 4.79 Å². The second kappa shape index (κ2) is 5.04. The zero-order chi connectivity index (χ0) is 11.4. The molecule has 1 aliphatic rings. The van der Waals surface area contributed by atoms with Crippen molar-refractivity contribution in [2.45, 2.75) is 18.1 Å². The SMILES string of the molecule is N#Cc1ccccc1NC(=O)C1CCCS1. The fraction of sp³-hybridized carbons (Fsp3) is 0.333. The van der Waals surface area contributed by atoms with Gasteiger partial charge in [-0.3, -0.25) is 4.79 Å². The summed E-state index contributed by atoms with van der Waals surface area (Å²) in [5, 5.41) is 11.8. The van der Waals surface area contributed by atoms with E-state index in [0.29, 0.717) is 11.3 Å². The molecule has 0 aromatic heterocycles. The van der Waals surface area contributed by atoms with Crippen LogP contribution in [0.2, 0.25) is 0 Å². The lowest BCUT2D eigenvalue weighted by Gasteiger charge is -2.10. The van der Waals surface area contributed by atoms with Crippen molar-refractivity contribution in [3.63, 3.8) is 0 Å². The van der Waals surface area contributed by atoms with Crippen LogP contribution in [-0.4, -0.2) is 16.9 Å². The minimum absolute atomic E-state index is 0.0187. The van der Waals surface area contributed by atoms with Gasteiger partial charge in [0.2, 0.25) is 5.91 Å². The number of amides is 1.